The van der Waals surface area contributed by atoms with Crippen molar-refractivity contribution in [3.05, 3.63) is 340 Å². The van der Waals surface area contributed by atoms with Crippen LogP contribution < -0.4 is 0 Å². The number of hydrogen-bond acceptors (Lipinski definition) is 2. The molecule has 0 amide bonds. The molecule has 0 unspecified atom stereocenters. The first kappa shape index (κ1) is 58.0. The number of thiophene rings is 2. The van der Waals surface area contributed by atoms with Crippen LogP contribution in [0.3, 0.4) is 0 Å². The van der Waals surface area contributed by atoms with Crippen LogP contribution in [0.25, 0.3) is 269 Å². The molecular formula is C106H56S2. The fourth-order valence-electron chi connectivity index (χ4n) is 20.7. The number of benzene rings is 22. The molecule has 0 N–H and O–H groups in total. The molecule has 26 aromatic rings. The van der Waals surface area contributed by atoms with Crippen LogP contribution in [0.5, 0.6) is 0 Å². The van der Waals surface area contributed by atoms with Crippen molar-refractivity contribution in [3.63, 3.8) is 0 Å². The molecule has 2 heteroatoms. The Morgan fingerprint density at radius 1 is 0.139 bits per heavy atom. The lowest BCUT2D eigenvalue weighted by molar-refractivity contribution is 1.67. The second-order valence-corrected chi connectivity index (χ2v) is 32.2. The second kappa shape index (κ2) is 21.2. The predicted molar refractivity (Wildman–Crippen MR) is 472 cm³/mol. The fourth-order valence-corrected chi connectivity index (χ4v) is 23.2. The Labute approximate surface area is 626 Å². The number of fused-ring (bicyclic) bond motifs is 19. The Morgan fingerprint density at radius 2 is 0.444 bits per heavy atom. The first-order valence-electron chi connectivity index (χ1n) is 37.6. The molecule has 0 aliphatic rings. The highest BCUT2D eigenvalue weighted by Crippen LogP contribution is 2.59. The van der Waals surface area contributed by atoms with Gasteiger partial charge in [0.05, 0.1) is 0 Å². The number of rotatable bonds is 6. The van der Waals surface area contributed by atoms with Gasteiger partial charge in [0, 0.05) is 51.5 Å². The normalized spacial score (nSPS) is 12.6. The molecule has 0 spiro atoms. The van der Waals surface area contributed by atoms with Crippen LogP contribution in [0.2, 0.25) is 0 Å². The standard InChI is InChI=1S/C106H56S2/c1-3-21-59(22-4-1)93-89-55-87-79-49-47-73-67-31-15-29-65-69(95-61-25-9-7-19-57(61)39-41-77(95)83-35-17-33-81-63-27-11-13-37-91(63)107-105(81)83)43-45-71(97(65)67)75-48-50-80(101(79)99(73)75)88(87)56-90(89)94(60-23-5-2-6-24-60)104-86-54-52-76-72-46-44-70(66-30-16-32-68(98(66)72)74-51-53-85(103(93)104)102(86)100(74)76)96-62-26-10-8-20-58(62)40-42-78(96)84-36-18-34-82-64-28-12-14-38-92(64)108-106(82)84/h1-56H. The summed E-state index contributed by atoms with van der Waals surface area (Å²) in [6.07, 6.45) is 0. The van der Waals surface area contributed by atoms with Crippen molar-refractivity contribution in [1.82, 2.24) is 0 Å². The van der Waals surface area contributed by atoms with Crippen molar-refractivity contribution in [3.8, 4) is 66.8 Å². The van der Waals surface area contributed by atoms with Gasteiger partial charge in [0.1, 0.15) is 0 Å². The molecule has 0 atom stereocenters. The van der Waals surface area contributed by atoms with Crippen LogP contribution in [0.15, 0.2) is 340 Å². The van der Waals surface area contributed by atoms with Crippen LogP contribution >= 0.6 is 22.7 Å². The largest absolute Gasteiger partial charge is 0.135 e. The molecule has 0 bridgehead atoms. The van der Waals surface area contributed by atoms with E-state index in [-0.39, 0.29) is 0 Å². The zero-order valence-electron chi connectivity index (χ0n) is 58.1. The van der Waals surface area contributed by atoms with Gasteiger partial charge in [-0.2, -0.15) is 0 Å². The molecule has 108 heavy (non-hydrogen) atoms. The lowest BCUT2D eigenvalue weighted by Gasteiger charge is -2.20. The van der Waals surface area contributed by atoms with Gasteiger partial charge in [-0.3, -0.25) is 0 Å². The van der Waals surface area contributed by atoms with E-state index in [4.69, 9.17) is 0 Å². The van der Waals surface area contributed by atoms with Gasteiger partial charge in [-0.05, 0) is 241 Å². The van der Waals surface area contributed by atoms with Crippen LogP contribution in [0, 0.1) is 0 Å². The van der Waals surface area contributed by atoms with Gasteiger partial charge in [0.25, 0.3) is 0 Å². The maximum atomic E-state index is 2.60. The molecule has 0 fully saturated rings. The zero-order valence-corrected chi connectivity index (χ0v) is 59.8. The number of hydrogen-bond donors (Lipinski definition) is 0. The van der Waals surface area contributed by atoms with Crippen molar-refractivity contribution < 1.29 is 0 Å². The average molecular weight is 1390 g/mol. The molecule has 0 aliphatic carbocycles. The smallest absolute Gasteiger partial charge is 0.0434 e. The minimum Gasteiger partial charge on any atom is -0.135 e. The van der Waals surface area contributed by atoms with Crippen LogP contribution in [0.4, 0.5) is 0 Å². The molecule has 24 aromatic carbocycles. The van der Waals surface area contributed by atoms with Crippen LogP contribution in [-0.4, -0.2) is 0 Å². The molecule has 0 radical (unpaired) electrons. The fraction of sp³-hybridized carbons (Fsp3) is 0. The van der Waals surface area contributed by atoms with Crippen molar-refractivity contribution >= 4 is 225 Å². The quantitative estimate of drug-likeness (QED) is 0.115. The van der Waals surface area contributed by atoms with E-state index in [0.717, 1.165) is 0 Å². The van der Waals surface area contributed by atoms with E-state index in [1.807, 2.05) is 22.7 Å². The van der Waals surface area contributed by atoms with E-state index in [1.165, 1.54) is 269 Å². The van der Waals surface area contributed by atoms with E-state index < -0.39 is 0 Å². The highest BCUT2D eigenvalue weighted by molar-refractivity contribution is 7.26. The van der Waals surface area contributed by atoms with Gasteiger partial charge >= 0.3 is 0 Å². The molecule has 2 heterocycles. The predicted octanol–water partition coefficient (Wildman–Crippen LogP) is 31.5. The first-order valence-corrected chi connectivity index (χ1v) is 39.2. The van der Waals surface area contributed by atoms with E-state index in [9.17, 15) is 0 Å². The molecule has 2 aromatic heterocycles. The minimum absolute atomic E-state index is 1.22. The first-order chi connectivity index (χ1) is 53.6. The molecular weight excluding hydrogens is 1340 g/mol. The molecule has 492 valence electrons. The van der Waals surface area contributed by atoms with Gasteiger partial charge in [0.2, 0.25) is 0 Å². The van der Waals surface area contributed by atoms with Crippen molar-refractivity contribution in [1.29, 1.82) is 0 Å². The lowest BCUT2D eigenvalue weighted by atomic mass is 9.83. The molecule has 26 rings (SSSR count). The van der Waals surface area contributed by atoms with Gasteiger partial charge in [-0.15, -0.1) is 22.7 Å². The summed E-state index contributed by atoms with van der Waals surface area (Å²) >= 11 is 3.82. The summed E-state index contributed by atoms with van der Waals surface area (Å²) in [4.78, 5) is 0. The zero-order chi connectivity index (χ0) is 69.9. The highest BCUT2D eigenvalue weighted by Gasteiger charge is 2.30. The maximum absolute atomic E-state index is 2.60. The summed E-state index contributed by atoms with van der Waals surface area (Å²) in [5.41, 5.74) is 15.2. The maximum Gasteiger partial charge on any atom is 0.0434 e. The third-order valence-electron chi connectivity index (χ3n) is 25.0. The monoisotopic (exact) mass is 1390 g/mol. The Balaban J connectivity index is 0.712. The Hall–Kier alpha value is -13.3. The van der Waals surface area contributed by atoms with Crippen LogP contribution in [0.1, 0.15) is 0 Å². The van der Waals surface area contributed by atoms with E-state index in [2.05, 4.69) is 340 Å². The van der Waals surface area contributed by atoms with Gasteiger partial charge < -0.3 is 0 Å². The summed E-state index contributed by atoms with van der Waals surface area (Å²) in [5, 5.41) is 44.1. The Bertz CT molecular complexity index is 8250. The SMILES string of the molecule is c1ccc(-c2c3cc4c(cc3c(-c3ccccc3)c3c5ccc6c7ccc(-c8c(-c9cccc%10c9sc9ccccc9%10)ccc9ccccc89)c8cccc(c9ccc(c23)c5c96)c87)c2ccc3c5ccc(-c6c(-c7cccc8c7sc7ccccc78)ccc7ccccc67)c6cccc(c7ccc4c2c73)c65)cc1. The van der Waals surface area contributed by atoms with Crippen LogP contribution in [-0.2, 0) is 0 Å². The summed E-state index contributed by atoms with van der Waals surface area (Å²) in [6, 6.07) is 131. The molecule has 0 aliphatic heterocycles. The topological polar surface area (TPSA) is 0 Å². The van der Waals surface area contributed by atoms with Gasteiger partial charge in [-0.25, -0.2) is 0 Å². The summed E-state index contributed by atoms with van der Waals surface area (Å²) < 4.78 is 5.30. The van der Waals surface area contributed by atoms with Crippen molar-refractivity contribution in [2.75, 3.05) is 0 Å². The third-order valence-corrected chi connectivity index (χ3v) is 27.5. The van der Waals surface area contributed by atoms with Crippen molar-refractivity contribution in [2.45, 2.75) is 0 Å². The summed E-state index contributed by atoms with van der Waals surface area (Å²) in [7, 11) is 0. The Morgan fingerprint density at radius 3 is 0.889 bits per heavy atom. The minimum atomic E-state index is 1.22. The molecule has 0 saturated heterocycles. The lowest BCUT2D eigenvalue weighted by Crippen LogP contribution is -1.92. The highest BCUT2D eigenvalue weighted by atomic mass is 32.1. The average Bonchev–Trinajstić information content (AvgIpc) is 1.48. The summed E-state index contributed by atoms with van der Waals surface area (Å²) in [5.74, 6) is 0. The van der Waals surface area contributed by atoms with E-state index >= 15 is 0 Å². The molecule has 0 saturated carbocycles. The van der Waals surface area contributed by atoms with Gasteiger partial charge in [-0.1, -0.05) is 315 Å². The summed E-state index contributed by atoms with van der Waals surface area (Å²) in [6.45, 7) is 0. The second-order valence-electron chi connectivity index (χ2n) is 30.1. The molecule has 0 nitrogen and oxygen atoms in total. The Kier molecular flexibility index (Phi) is 11.4. The van der Waals surface area contributed by atoms with Gasteiger partial charge in [0.15, 0.2) is 0 Å². The van der Waals surface area contributed by atoms with E-state index in [1.54, 1.807) is 0 Å². The van der Waals surface area contributed by atoms with E-state index in [0.29, 0.717) is 0 Å². The third kappa shape index (κ3) is 7.48. The van der Waals surface area contributed by atoms with Crippen molar-refractivity contribution in [2.24, 2.45) is 0 Å².